The lowest BCUT2D eigenvalue weighted by Gasteiger charge is -2.30. The van der Waals surface area contributed by atoms with Gasteiger partial charge < -0.3 is 51.5 Å². The van der Waals surface area contributed by atoms with Crippen LogP contribution in [0.3, 0.4) is 0 Å². The number of likely N-dealkylation sites (tertiary alicyclic amines) is 1. The Hall–Kier alpha value is -5.50. The molecule has 0 radical (unpaired) electrons. The summed E-state index contributed by atoms with van der Waals surface area (Å²) in [5.74, 6) is -1.22. The summed E-state index contributed by atoms with van der Waals surface area (Å²) in [5, 5.41) is 23.8. The number of benzene rings is 7. The third-order valence-corrected chi connectivity index (χ3v) is 25.8. The van der Waals surface area contributed by atoms with Crippen molar-refractivity contribution in [3.63, 3.8) is 0 Å². The molecule has 22 nitrogen and oxygen atoms in total. The summed E-state index contributed by atoms with van der Waals surface area (Å²) in [7, 11) is -7.16. The van der Waals surface area contributed by atoms with Crippen LogP contribution in [0.15, 0.2) is 138 Å². The number of nitrogens with zero attached hydrogens (tertiary/aromatic N) is 4. The smallest absolute Gasteiger partial charge is 0.251 e. The molecular formula is C79H88Cl12N12O10S2. The summed E-state index contributed by atoms with van der Waals surface area (Å²) in [6.07, 6.45) is 7.64. The van der Waals surface area contributed by atoms with Crippen molar-refractivity contribution >= 4 is 195 Å². The van der Waals surface area contributed by atoms with Crippen molar-refractivity contribution in [2.24, 2.45) is 0 Å². The van der Waals surface area contributed by atoms with Crippen LogP contribution < -0.4 is 41.3 Å². The maximum atomic E-state index is 13.7. The lowest BCUT2D eigenvalue weighted by molar-refractivity contribution is -0.134. The minimum atomic E-state index is -3.76. The Morgan fingerprint density at radius 2 is 0.739 bits per heavy atom. The Labute approximate surface area is 731 Å². The van der Waals surface area contributed by atoms with Crippen molar-refractivity contribution in [1.82, 2.24) is 60.9 Å². The predicted molar refractivity (Wildman–Crippen MR) is 461 cm³/mol. The van der Waals surface area contributed by atoms with E-state index in [1.54, 1.807) is 113 Å². The van der Waals surface area contributed by atoms with Gasteiger partial charge in [-0.25, -0.2) is 26.3 Å². The second kappa shape index (κ2) is 44.7. The first kappa shape index (κ1) is 93.4. The Balaban J connectivity index is 0.000000198. The maximum absolute atomic E-state index is 13.7. The number of aryl methyl sites for hydroxylation is 1. The Kier molecular flexibility index (Phi) is 36.3. The minimum Gasteiger partial charge on any atom is -0.350 e. The highest BCUT2D eigenvalue weighted by Gasteiger charge is 2.36. The number of hydrogen-bond acceptors (Lipinski definition) is 14. The van der Waals surface area contributed by atoms with Gasteiger partial charge in [0.15, 0.2) is 0 Å². The number of carbonyl (C=O) groups is 6. The van der Waals surface area contributed by atoms with Gasteiger partial charge in [0.25, 0.3) is 17.7 Å². The monoisotopic (exact) mass is 1850 g/mol. The third-order valence-electron chi connectivity index (χ3n) is 19.6. The van der Waals surface area contributed by atoms with E-state index in [-0.39, 0.29) is 127 Å². The summed E-state index contributed by atoms with van der Waals surface area (Å²) in [6.45, 7) is 8.17. The van der Waals surface area contributed by atoms with E-state index in [4.69, 9.17) is 139 Å². The average Bonchev–Trinajstić information content (AvgIpc) is 1.76. The van der Waals surface area contributed by atoms with Gasteiger partial charge in [0.1, 0.15) is 0 Å². The van der Waals surface area contributed by atoms with Crippen molar-refractivity contribution < 1.29 is 45.6 Å². The van der Waals surface area contributed by atoms with Gasteiger partial charge in [-0.2, -0.15) is 0 Å². The zero-order valence-corrected chi connectivity index (χ0v) is 73.4. The molecule has 4 fully saturated rings. The maximum Gasteiger partial charge on any atom is 0.251 e. The van der Waals surface area contributed by atoms with Crippen LogP contribution in [0.25, 0.3) is 0 Å². The lowest BCUT2D eigenvalue weighted by Crippen LogP contribution is -2.50. The molecule has 0 unspecified atom stereocenters. The van der Waals surface area contributed by atoms with E-state index in [0.29, 0.717) is 125 Å². The van der Waals surface area contributed by atoms with Gasteiger partial charge in [-0.15, -0.1) is 0 Å². The van der Waals surface area contributed by atoms with E-state index < -0.39 is 32.1 Å². The Morgan fingerprint density at radius 3 is 1.07 bits per heavy atom. The molecule has 8 N–H and O–H groups in total. The molecule has 36 heteroatoms. The van der Waals surface area contributed by atoms with Gasteiger partial charge in [-0.05, 0) is 191 Å². The zero-order chi connectivity index (χ0) is 83.3. The van der Waals surface area contributed by atoms with Crippen molar-refractivity contribution in [3.05, 3.63) is 233 Å². The van der Waals surface area contributed by atoms with Crippen molar-refractivity contribution in [1.29, 1.82) is 0 Å². The van der Waals surface area contributed by atoms with Gasteiger partial charge in [0.05, 0.1) is 59.4 Å². The van der Waals surface area contributed by atoms with Crippen LogP contribution in [-0.2, 0) is 54.1 Å². The second-order valence-corrected chi connectivity index (χ2v) is 36.8. The number of carbonyl (C=O) groups excluding carboxylic acids is 6. The van der Waals surface area contributed by atoms with Crippen LogP contribution in [0.4, 0.5) is 0 Å². The largest absolute Gasteiger partial charge is 0.350 e. The van der Waals surface area contributed by atoms with Gasteiger partial charge >= 0.3 is 0 Å². The summed E-state index contributed by atoms with van der Waals surface area (Å²) in [6, 6.07) is 33.8. The first-order valence-corrected chi connectivity index (χ1v) is 45.0. The Bertz CT molecular complexity index is 4830. The van der Waals surface area contributed by atoms with E-state index in [2.05, 4.69) is 46.2 Å². The number of halogens is 12. The fourth-order valence-corrected chi connectivity index (χ4v) is 17.1. The van der Waals surface area contributed by atoms with Crippen molar-refractivity contribution in [3.8, 4) is 0 Å². The molecule has 0 bridgehead atoms. The lowest BCUT2D eigenvalue weighted by atomic mass is 10.1. The number of amides is 6. The molecule has 6 amide bonds. The molecule has 4 aliphatic heterocycles. The molecular weight excluding hydrogens is 1770 g/mol. The van der Waals surface area contributed by atoms with Gasteiger partial charge in [0, 0.05) is 143 Å². The molecule has 0 spiro atoms. The molecule has 4 aliphatic rings. The second-order valence-electron chi connectivity index (χ2n) is 28.3. The van der Waals surface area contributed by atoms with E-state index in [0.717, 1.165) is 48.1 Å². The standard InChI is InChI=1S/C29H30Cl4N4O4S.C27H32Cl4N4O2.C23H26Cl4N4O4S/c1-18-2-7-23(8-3-18)42(40,41)35-12-10-27-29(39)37(17-20-4-6-21(30)15-25(20)32)13-11-22(36-27)16-34-28(38)19-5-9-24(31)26(33)14-19;28-20-6-4-19(23(30)15-20)17-35-13-8-21(16-32-26(36)18-5-7-22(29)24(31)14-18)33-25(27(35)37)9-12-34-10-2-1-3-11-34;1-36(34,35)29-8-6-21-23(33)31(13-15-2-4-16(24)11-19(15)26)9-7-17(30-21)12-28-22(32)14-3-5-18(25)20(27)10-14/h2-9,14-15,22,27,35-36H,10-13,16-17H2,1H3,(H,34,38);4-7,14-15,21,25,33H,1-3,8-13,16-17H2,(H,32,36);2-5,10-11,17,21,29-30H,6-9,12-13H2,1H3,(H,28,32)/t22-,27-;21-,25-;17-,21-/m000/s1. The minimum absolute atomic E-state index is 0.0253. The van der Waals surface area contributed by atoms with Crippen LogP contribution in [0.5, 0.6) is 0 Å². The van der Waals surface area contributed by atoms with Crippen molar-refractivity contribution in [2.75, 3.05) is 78.2 Å². The number of rotatable bonds is 27. The molecule has 4 saturated heterocycles. The zero-order valence-electron chi connectivity index (χ0n) is 62.7. The summed E-state index contributed by atoms with van der Waals surface area (Å²) < 4.78 is 53.6. The van der Waals surface area contributed by atoms with E-state index in [1.165, 1.54) is 43.5 Å². The van der Waals surface area contributed by atoms with Gasteiger partial charge in [0.2, 0.25) is 37.8 Å². The predicted octanol–water partition coefficient (Wildman–Crippen LogP) is 14.9. The van der Waals surface area contributed by atoms with E-state index in [1.807, 2.05) is 17.9 Å². The van der Waals surface area contributed by atoms with Crippen LogP contribution in [-0.4, -0.2) is 186 Å². The number of sulfonamides is 2. The summed E-state index contributed by atoms with van der Waals surface area (Å²) in [4.78, 5) is 86.6. The quantitative estimate of drug-likeness (QED) is 0.0238. The summed E-state index contributed by atoms with van der Waals surface area (Å²) >= 11 is 73.2. The highest BCUT2D eigenvalue weighted by molar-refractivity contribution is 7.89. The molecule has 7 aromatic carbocycles. The normalized spacial score (nSPS) is 19.1. The van der Waals surface area contributed by atoms with Crippen LogP contribution in [0.2, 0.25) is 60.3 Å². The molecule has 6 atom stereocenters. The average molecular weight is 1860 g/mol. The molecule has 620 valence electrons. The molecule has 0 saturated carbocycles. The third kappa shape index (κ3) is 29.1. The van der Waals surface area contributed by atoms with Crippen LogP contribution in [0, 0.1) is 6.92 Å². The first-order chi connectivity index (χ1) is 54.6. The highest BCUT2D eigenvalue weighted by Crippen LogP contribution is 2.30. The first-order valence-electron chi connectivity index (χ1n) is 37.0. The van der Waals surface area contributed by atoms with E-state index >= 15 is 0 Å². The molecule has 4 heterocycles. The van der Waals surface area contributed by atoms with Gasteiger partial charge in [-0.3, -0.25) is 28.8 Å². The fraction of sp³-hybridized carbons (Fsp3) is 0.392. The van der Waals surface area contributed by atoms with Crippen LogP contribution >= 0.6 is 139 Å². The van der Waals surface area contributed by atoms with Gasteiger partial charge in [-0.1, -0.05) is 182 Å². The fourth-order valence-electron chi connectivity index (χ4n) is 13.3. The molecule has 11 rings (SSSR count). The number of hydrogen-bond donors (Lipinski definition) is 8. The SMILES string of the molecule is CS(=O)(=O)NCC[C@@H]1N[C@H](CNC(=O)c2ccc(Cl)c(Cl)c2)CCN(Cc2ccc(Cl)cc2Cl)C1=O.Cc1ccc(S(=O)(=O)NCC[C@@H]2N[C@H](CNC(=O)c3ccc(Cl)c(Cl)c3)CCN(Cc3ccc(Cl)cc3Cl)C2=O)cc1.O=C(NC[C@@H]1CCN(Cc2ccc(Cl)cc2Cl)C(=O)[C@H](CCN2CCCCC2)N1)c1ccc(Cl)c(Cl)c1. The Morgan fingerprint density at radius 1 is 0.400 bits per heavy atom. The topological polar surface area (TPSA) is 280 Å². The summed E-state index contributed by atoms with van der Waals surface area (Å²) in [5.41, 5.74) is 4.45. The number of nitrogens with one attached hydrogen (secondary N) is 8. The van der Waals surface area contributed by atoms with E-state index in [9.17, 15) is 45.6 Å². The number of piperidine rings is 1. The molecule has 115 heavy (non-hydrogen) atoms. The molecule has 0 aromatic heterocycles. The van der Waals surface area contributed by atoms with Crippen molar-refractivity contribution in [2.45, 2.75) is 125 Å². The molecule has 7 aromatic rings. The molecule has 0 aliphatic carbocycles. The van der Waals surface area contributed by atoms with Crippen LogP contribution in [0.1, 0.15) is 111 Å². The highest BCUT2D eigenvalue weighted by atomic mass is 35.5.